The van der Waals surface area contributed by atoms with E-state index in [0.29, 0.717) is 18.9 Å². The number of nitrogens with zero attached hydrogens (tertiary/aromatic N) is 2. The van der Waals surface area contributed by atoms with Crippen molar-refractivity contribution in [2.45, 2.75) is 45.6 Å². The molecule has 0 aromatic heterocycles. The van der Waals surface area contributed by atoms with Crippen molar-refractivity contribution in [3.05, 3.63) is 0 Å². The number of amides is 2. The zero-order chi connectivity index (χ0) is 16.3. The molecule has 126 valence electrons. The summed E-state index contributed by atoms with van der Waals surface area (Å²) in [5.74, 6) is 0.432. The lowest BCUT2D eigenvalue weighted by atomic mass is 9.99. The lowest BCUT2D eigenvalue weighted by Gasteiger charge is -2.32. The predicted molar refractivity (Wildman–Crippen MR) is 84.0 cm³/mol. The molecule has 2 amide bonds. The van der Waals surface area contributed by atoms with Crippen molar-refractivity contribution in [1.82, 2.24) is 9.80 Å². The van der Waals surface area contributed by atoms with Crippen LogP contribution < -0.4 is 0 Å². The maximum atomic E-state index is 12.4. The predicted octanol–water partition coefficient (Wildman–Crippen LogP) is 0.671. The quantitative estimate of drug-likeness (QED) is 0.710. The van der Waals surface area contributed by atoms with Crippen molar-refractivity contribution >= 4 is 21.7 Å². The van der Waals surface area contributed by atoms with Crippen molar-refractivity contribution in [3.63, 3.8) is 0 Å². The van der Waals surface area contributed by atoms with Gasteiger partial charge in [-0.1, -0.05) is 6.92 Å². The molecule has 0 N–H and O–H groups in total. The number of likely N-dealkylation sites (tertiary alicyclic amines) is 1. The van der Waals surface area contributed by atoms with Crippen LogP contribution in [0.1, 0.15) is 39.5 Å². The third-order valence-corrected chi connectivity index (χ3v) is 6.50. The molecular weight excluding hydrogens is 304 g/mol. The Morgan fingerprint density at radius 1 is 1.18 bits per heavy atom. The Morgan fingerprint density at radius 2 is 1.82 bits per heavy atom. The van der Waals surface area contributed by atoms with Crippen LogP contribution in [0, 0.1) is 5.92 Å². The number of piperidine rings is 1. The Hall–Kier alpha value is -1.11. The molecular formula is C15H26N2O4S. The maximum Gasteiger partial charge on any atom is 0.232 e. The number of carbonyl (C=O) groups is 2. The van der Waals surface area contributed by atoms with E-state index in [1.807, 2.05) is 6.92 Å². The van der Waals surface area contributed by atoms with Gasteiger partial charge in [0, 0.05) is 25.7 Å². The summed E-state index contributed by atoms with van der Waals surface area (Å²) in [7, 11) is -3.03. The molecule has 1 atom stereocenters. The summed E-state index contributed by atoms with van der Waals surface area (Å²) in [6.45, 7) is 5.89. The molecule has 1 unspecified atom stereocenters. The topological polar surface area (TPSA) is 74.8 Å². The van der Waals surface area contributed by atoms with Crippen molar-refractivity contribution < 1.29 is 18.0 Å². The highest BCUT2D eigenvalue weighted by Crippen LogP contribution is 2.20. The van der Waals surface area contributed by atoms with Crippen LogP contribution in [0.3, 0.4) is 0 Å². The largest absolute Gasteiger partial charge is 0.342 e. The molecule has 7 heteroatoms. The molecule has 2 rings (SSSR count). The molecule has 6 nitrogen and oxygen atoms in total. The molecule has 22 heavy (non-hydrogen) atoms. The van der Waals surface area contributed by atoms with Crippen LogP contribution in [0.2, 0.25) is 0 Å². The van der Waals surface area contributed by atoms with Gasteiger partial charge in [0.25, 0.3) is 0 Å². The second kappa shape index (κ2) is 6.98. The summed E-state index contributed by atoms with van der Waals surface area (Å²) in [6.07, 6.45) is 2.31. The van der Waals surface area contributed by atoms with Crippen molar-refractivity contribution in [1.29, 1.82) is 0 Å². The highest BCUT2D eigenvalue weighted by atomic mass is 32.2. The van der Waals surface area contributed by atoms with Gasteiger partial charge in [-0.15, -0.1) is 0 Å². The molecule has 0 aromatic rings. The molecule has 0 saturated carbocycles. The zero-order valence-corrected chi connectivity index (χ0v) is 14.3. The SMILES string of the molecule is CCN(C(=O)CC(=O)N1CCC(C)CC1)C1CCS(=O)(=O)C1. The monoisotopic (exact) mass is 330 g/mol. The fraction of sp³-hybridized carbons (Fsp3) is 0.867. The van der Waals surface area contributed by atoms with Crippen LogP contribution in [0.5, 0.6) is 0 Å². The van der Waals surface area contributed by atoms with Gasteiger partial charge >= 0.3 is 0 Å². The number of hydrogen-bond donors (Lipinski definition) is 0. The van der Waals surface area contributed by atoms with E-state index >= 15 is 0 Å². The molecule has 0 aliphatic carbocycles. The van der Waals surface area contributed by atoms with E-state index in [-0.39, 0.29) is 35.8 Å². The third kappa shape index (κ3) is 4.21. The molecule has 2 heterocycles. The van der Waals surface area contributed by atoms with Gasteiger partial charge in [-0.25, -0.2) is 8.42 Å². The molecule has 0 radical (unpaired) electrons. The van der Waals surface area contributed by atoms with Crippen molar-refractivity contribution in [3.8, 4) is 0 Å². The number of hydrogen-bond acceptors (Lipinski definition) is 4. The second-order valence-electron chi connectivity index (χ2n) is 6.48. The first kappa shape index (κ1) is 17.2. The summed E-state index contributed by atoms with van der Waals surface area (Å²) in [6, 6.07) is -0.267. The summed E-state index contributed by atoms with van der Waals surface area (Å²) in [5, 5.41) is 0. The van der Waals surface area contributed by atoms with E-state index in [2.05, 4.69) is 6.92 Å². The van der Waals surface area contributed by atoms with Crippen LogP contribution in [-0.2, 0) is 19.4 Å². The Kier molecular flexibility index (Phi) is 5.47. The normalized spacial score (nSPS) is 25.2. The molecule has 2 saturated heterocycles. The van der Waals surface area contributed by atoms with Gasteiger partial charge < -0.3 is 9.80 Å². The van der Waals surface area contributed by atoms with Crippen molar-refractivity contribution in [2.24, 2.45) is 5.92 Å². The van der Waals surface area contributed by atoms with Gasteiger partial charge in [0.2, 0.25) is 11.8 Å². The fourth-order valence-electron chi connectivity index (χ4n) is 3.26. The Labute approximate surface area is 132 Å². The average Bonchev–Trinajstić information content (AvgIpc) is 2.80. The minimum Gasteiger partial charge on any atom is -0.342 e. The van der Waals surface area contributed by atoms with Gasteiger partial charge in [0.15, 0.2) is 9.84 Å². The number of rotatable bonds is 4. The standard InChI is InChI=1S/C15H26N2O4S/c1-3-17(13-6-9-22(20,21)11-13)15(19)10-14(18)16-7-4-12(2)5-8-16/h12-13H,3-11H2,1-2H3. The van der Waals surface area contributed by atoms with Crippen LogP contribution in [-0.4, -0.2) is 67.2 Å². The van der Waals surface area contributed by atoms with Crippen LogP contribution in [0.15, 0.2) is 0 Å². The van der Waals surface area contributed by atoms with Gasteiger partial charge in [-0.05, 0) is 32.1 Å². The Morgan fingerprint density at radius 3 is 2.32 bits per heavy atom. The summed E-state index contributed by atoms with van der Waals surface area (Å²) in [5.41, 5.74) is 0. The molecule has 0 aromatic carbocycles. The van der Waals surface area contributed by atoms with Crippen molar-refractivity contribution in [2.75, 3.05) is 31.1 Å². The van der Waals surface area contributed by atoms with Gasteiger partial charge in [-0.3, -0.25) is 9.59 Å². The van der Waals surface area contributed by atoms with E-state index in [1.54, 1.807) is 9.80 Å². The Balaban J connectivity index is 1.91. The minimum atomic E-state index is -3.03. The fourth-order valence-corrected chi connectivity index (χ4v) is 4.99. The zero-order valence-electron chi connectivity index (χ0n) is 13.5. The van der Waals surface area contributed by atoms with Crippen LogP contribution in [0.25, 0.3) is 0 Å². The summed E-state index contributed by atoms with van der Waals surface area (Å²) < 4.78 is 23.1. The average molecular weight is 330 g/mol. The highest BCUT2D eigenvalue weighted by molar-refractivity contribution is 7.91. The van der Waals surface area contributed by atoms with E-state index in [0.717, 1.165) is 25.9 Å². The molecule has 0 bridgehead atoms. The van der Waals surface area contributed by atoms with Crippen LogP contribution in [0.4, 0.5) is 0 Å². The van der Waals surface area contributed by atoms with Gasteiger partial charge in [0.05, 0.1) is 11.5 Å². The first-order valence-electron chi connectivity index (χ1n) is 8.10. The lowest BCUT2D eigenvalue weighted by molar-refractivity contribution is -0.142. The first-order chi connectivity index (χ1) is 10.3. The van der Waals surface area contributed by atoms with E-state index in [4.69, 9.17) is 0 Å². The smallest absolute Gasteiger partial charge is 0.232 e. The number of sulfone groups is 1. The molecule has 0 spiro atoms. The van der Waals surface area contributed by atoms with Gasteiger partial charge in [0.1, 0.15) is 6.42 Å². The third-order valence-electron chi connectivity index (χ3n) is 4.75. The second-order valence-corrected chi connectivity index (χ2v) is 8.71. The van der Waals surface area contributed by atoms with Crippen LogP contribution >= 0.6 is 0 Å². The molecule has 2 fully saturated rings. The molecule has 2 aliphatic rings. The summed E-state index contributed by atoms with van der Waals surface area (Å²) >= 11 is 0. The lowest BCUT2D eigenvalue weighted by Crippen LogP contribution is -2.45. The minimum absolute atomic E-state index is 0.0298. The van der Waals surface area contributed by atoms with E-state index in [9.17, 15) is 18.0 Å². The van der Waals surface area contributed by atoms with E-state index in [1.165, 1.54) is 0 Å². The summed E-state index contributed by atoms with van der Waals surface area (Å²) in [4.78, 5) is 27.9. The Bertz CT molecular complexity index is 524. The first-order valence-corrected chi connectivity index (χ1v) is 9.92. The number of carbonyl (C=O) groups excluding carboxylic acids is 2. The van der Waals surface area contributed by atoms with E-state index < -0.39 is 9.84 Å². The molecule has 2 aliphatic heterocycles. The van der Waals surface area contributed by atoms with Gasteiger partial charge in [-0.2, -0.15) is 0 Å². The highest BCUT2D eigenvalue weighted by Gasteiger charge is 2.34. The maximum absolute atomic E-state index is 12.4.